The van der Waals surface area contributed by atoms with E-state index in [1.807, 2.05) is 30.3 Å². The van der Waals surface area contributed by atoms with E-state index < -0.39 is 0 Å². The molecule has 0 nitrogen and oxygen atoms in total. The van der Waals surface area contributed by atoms with Crippen LogP contribution in [-0.4, -0.2) is 7.85 Å². The van der Waals surface area contributed by atoms with Gasteiger partial charge in [-0.05, 0) is 0 Å². The standard InChI is InChI=1S/C6H5B.2Ho/c7-6-4-2-1-3-5-6;;/h1-5H;;. The van der Waals surface area contributed by atoms with Crippen LogP contribution in [0.25, 0.3) is 0 Å². The van der Waals surface area contributed by atoms with Crippen LogP contribution in [0.1, 0.15) is 0 Å². The average molecular weight is 418 g/mol. The van der Waals surface area contributed by atoms with Crippen molar-refractivity contribution in [3.8, 4) is 0 Å². The summed E-state index contributed by atoms with van der Waals surface area (Å²) in [6.45, 7) is 0. The predicted octanol–water partition coefficient (Wildman–Crippen LogP) is 0.480. The molecule has 0 saturated heterocycles. The summed E-state index contributed by atoms with van der Waals surface area (Å²) in [5.41, 5.74) is 0.822. The summed E-state index contributed by atoms with van der Waals surface area (Å²) in [5.74, 6) is 0. The van der Waals surface area contributed by atoms with Crippen molar-refractivity contribution in [3.05, 3.63) is 30.3 Å². The van der Waals surface area contributed by atoms with Gasteiger partial charge in [-0.1, -0.05) is 35.8 Å². The molecule has 1 aromatic rings. The van der Waals surface area contributed by atoms with Gasteiger partial charge in [-0.3, -0.25) is 0 Å². The maximum absolute atomic E-state index is 5.36. The van der Waals surface area contributed by atoms with E-state index in [9.17, 15) is 0 Å². The smallest absolute Gasteiger partial charge is 0.0967 e. The van der Waals surface area contributed by atoms with Crippen LogP contribution in [-0.2, 0) is 0 Å². The van der Waals surface area contributed by atoms with Crippen molar-refractivity contribution < 1.29 is 75.5 Å². The first kappa shape index (κ1) is 13.4. The fourth-order valence-corrected chi connectivity index (χ4v) is 0.453. The zero-order valence-electron chi connectivity index (χ0n) is 4.57. The third-order valence-electron chi connectivity index (χ3n) is 0.800. The van der Waals surface area contributed by atoms with Crippen molar-refractivity contribution in [2.24, 2.45) is 0 Å². The first-order chi connectivity index (χ1) is 3.39. The topological polar surface area (TPSA) is 0 Å². The molecule has 0 aliphatic heterocycles. The molecule has 1 aromatic carbocycles. The molecule has 0 bridgehead atoms. The Balaban J connectivity index is 0. The molecule has 0 amide bonds. The second-order valence-electron chi connectivity index (χ2n) is 1.41. The minimum atomic E-state index is 0. The van der Waals surface area contributed by atoms with Crippen molar-refractivity contribution in [1.29, 1.82) is 0 Å². The Morgan fingerprint density at radius 1 is 0.889 bits per heavy atom. The second kappa shape index (κ2) is 7.91. The molecule has 0 aromatic heterocycles. The van der Waals surface area contributed by atoms with E-state index in [0.717, 1.165) is 5.46 Å². The van der Waals surface area contributed by atoms with Gasteiger partial charge in [-0.2, -0.15) is 0 Å². The predicted molar refractivity (Wildman–Crippen MR) is 31.8 cm³/mol. The van der Waals surface area contributed by atoms with Crippen molar-refractivity contribution in [1.82, 2.24) is 0 Å². The Morgan fingerprint density at radius 3 is 1.56 bits per heavy atom. The van der Waals surface area contributed by atoms with Crippen LogP contribution in [0.15, 0.2) is 30.3 Å². The number of hydrogen-bond acceptors (Lipinski definition) is 0. The molecule has 0 aliphatic carbocycles. The van der Waals surface area contributed by atoms with Crippen molar-refractivity contribution in [3.63, 3.8) is 0 Å². The summed E-state index contributed by atoms with van der Waals surface area (Å²) in [6, 6.07) is 9.49. The zero-order chi connectivity index (χ0) is 5.11. The van der Waals surface area contributed by atoms with E-state index in [1.165, 1.54) is 0 Å². The van der Waals surface area contributed by atoms with Crippen molar-refractivity contribution >= 4 is 13.3 Å². The molecular weight excluding hydrogens is 413 g/mol. The van der Waals surface area contributed by atoms with Gasteiger partial charge in [0.25, 0.3) is 0 Å². The molecule has 4 radical (unpaired) electrons. The second-order valence-corrected chi connectivity index (χ2v) is 1.41. The van der Waals surface area contributed by atoms with Gasteiger partial charge < -0.3 is 0 Å². The van der Waals surface area contributed by atoms with Gasteiger partial charge in [0, 0.05) is 75.5 Å². The monoisotopic (exact) mass is 418 g/mol. The van der Waals surface area contributed by atoms with Crippen LogP contribution in [0.5, 0.6) is 0 Å². The molecule has 0 fully saturated rings. The quantitative estimate of drug-likeness (QED) is 0.539. The van der Waals surface area contributed by atoms with Crippen LogP contribution >= 0.6 is 0 Å². The van der Waals surface area contributed by atoms with Gasteiger partial charge in [-0.25, -0.2) is 0 Å². The summed E-state index contributed by atoms with van der Waals surface area (Å²) in [7, 11) is 5.36. The number of hydrogen-bond donors (Lipinski definition) is 0. The van der Waals surface area contributed by atoms with Gasteiger partial charge in [-0.15, -0.1) is 0 Å². The van der Waals surface area contributed by atoms with Crippen molar-refractivity contribution in [2.45, 2.75) is 0 Å². The molecule has 0 N–H and O–H groups in total. The van der Waals surface area contributed by atoms with E-state index in [0.29, 0.717) is 0 Å². The van der Waals surface area contributed by atoms with Crippen LogP contribution < -0.4 is 5.46 Å². The Bertz CT molecular complexity index is 141. The van der Waals surface area contributed by atoms with E-state index in [1.54, 1.807) is 0 Å². The molecule has 9 heavy (non-hydrogen) atoms. The summed E-state index contributed by atoms with van der Waals surface area (Å²) < 4.78 is 0. The SMILES string of the molecule is [B]c1ccccc1.[Ho].[Ho]. The maximum atomic E-state index is 5.36. The van der Waals surface area contributed by atoms with Gasteiger partial charge in [0.15, 0.2) is 0 Å². The average Bonchev–Trinajstić information content (AvgIpc) is 1.69. The van der Waals surface area contributed by atoms with Gasteiger partial charge in [0.2, 0.25) is 0 Å². The molecule has 54 valence electrons. The largest absolute Gasteiger partial charge is 0.113 e. The third kappa shape index (κ3) is 6.21. The third-order valence-corrected chi connectivity index (χ3v) is 0.800. The first-order valence-electron chi connectivity index (χ1n) is 2.20. The van der Waals surface area contributed by atoms with E-state index in [-0.39, 0.29) is 75.5 Å². The molecule has 0 saturated carbocycles. The molecular formula is C6H5BHo2. The maximum Gasteiger partial charge on any atom is 0.113 e. The van der Waals surface area contributed by atoms with Gasteiger partial charge in [0.1, 0.15) is 7.85 Å². The molecule has 1 rings (SSSR count). The van der Waals surface area contributed by atoms with E-state index >= 15 is 0 Å². The van der Waals surface area contributed by atoms with Crippen LogP contribution in [0.3, 0.4) is 0 Å². The fourth-order valence-electron chi connectivity index (χ4n) is 0.453. The molecule has 3 heteroatoms. The van der Waals surface area contributed by atoms with Crippen LogP contribution in [0, 0.1) is 75.5 Å². The van der Waals surface area contributed by atoms with Crippen LogP contribution in [0.2, 0.25) is 0 Å². The Morgan fingerprint density at radius 2 is 1.33 bits per heavy atom. The molecule has 0 heterocycles. The molecule has 0 aliphatic rings. The Kier molecular flexibility index (Phi) is 11.8. The van der Waals surface area contributed by atoms with Crippen LogP contribution in [0.4, 0.5) is 0 Å². The summed E-state index contributed by atoms with van der Waals surface area (Å²) in [4.78, 5) is 0. The summed E-state index contributed by atoms with van der Waals surface area (Å²) >= 11 is 0. The Hall–Kier alpha value is 1.80. The molecule has 0 spiro atoms. The normalized spacial score (nSPS) is 6.67. The zero-order valence-corrected chi connectivity index (χ0v) is 8.44. The number of benzene rings is 1. The van der Waals surface area contributed by atoms with Crippen molar-refractivity contribution in [2.75, 3.05) is 0 Å². The minimum Gasteiger partial charge on any atom is -0.0967 e. The molecule has 0 atom stereocenters. The summed E-state index contributed by atoms with van der Waals surface area (Å²) in [5, 5.41) is 0. The fraction of sp³-hybridized carbons (Fsp3) is 0. The molecule has 0 unspecified atom stereocenters. The minimum absolute atomic E-state index is 0. The number of rotatable bonds is 0. The van der Waals surface area contributed by atoms with E-state index in [4.69, 9.17) is 7.85 Å². The summed E-state index contributed by atoms with van der Waals surface area (Å²) in [6.07, 6.45) is 0. The van der Waals surface area contributed by atoms with E-state index in [2.05, 4.69) is 0 Å². The van der Waals surface area contributed by atoms with Gasteiger partial charge >= 0.3 is 0 Å². The first-order valence-corrected chi connectivity index (χ1v) is 2.20. The Labute approximate surface area is 117 Å². The van der Waals surface area contributed by atoms with Gasteiger partial charge in [0.05, 0.1) is 0 Å².